The number of hydrogen-bond acceptors (Lipinski definition) is 3. The van der Waals surface area contributed by atoms with Crippen LogP contribution in [-0.4, -0.2) is 62.2 Å². The van der Waals surface area contributed by atoms with Gasteiger partial charge < -0.3 is 10.2 Å². The Morgan fingerprint density at radius 1 is 1.25 bits per heavy atom. The van der Waals surface area contributed by atoms with E-state index in [1.54, 1.807) is 0 Å². The third kappa shape index (κ3) is 6.55. The average molecular weight is 284 g/mol. The zero-order valence-electron chi connectivity index (χ0n) is 14.7. The fraction of sp³-hybridized carbons (Fsp3) is 1.00. The van der Waals surface area contributed by atoms with Crippen LogP contribution in [0.15, 0.2) is 0 Å². The Labute approximate surface area is 127 Å². The summed E-state index contributed by atoms with van der Waals surface area (Å²) < 4.78 is 0. The Kier molecular flexibility index (Phi) is 7.49. The van der Waals surface area contributed by atoms with Crippen molar-refractivity contribution in [3.63, 3.8) is 0 Å². The van der Waals surface area contributed by atoms with Gasteiger partial charge in [0.2, 0.25) is 0 Å². The van der Waals surface area contributed by atoms with Crippen LogP contribution in [0.2, 0.25) is 0 Å². The molecule has 2 unspecified atom stereocenters. The minimum Gasteiger partial charge on any atom is -0.313 e. The quantitative estimate of drug-likeness (QED) is 0.629. The van der Waals surface area contributed by atoms with Gasteiger partial charge in [0.25, 0.3) is 0 Å². The summed E-state index contributed by atoms with van der Waals surface area (Å²) >= 11 is 0. The highest BCUT2D eigenvalue weighted by molar-refractivity contribution is 4.88. The molecule has 0 aromatic rings. The zero-order chi connectivity index (χ0) is 15.2. The maximum Gasteiger partial charge on any atom is 0.0194 e. The molecule has 0 bridgehead atoms. The van der Waals surface area contributed by atoms with E-state index in [2.05, 4.69) is 56.9 Å². The van der Waals surface area contributed by atoms with E-state index in [9.17, 15) is 0 Å². The van der Waals surface area contributed by atoms with Gasteiger partial charge in [0.1, 0.15) is 0 Å². The summed E-state index contributed by atoms with van der Waals surface area (Å²) in [4.78, 5) is 4.96. The Morgan fingerprint density at radius 3 is 2.35 bits per heavy atom. The number of likely N-dealkylation sites (N-methyl/N-ethyl adjacent to an activating group) is 2. The van der Waals surface area contributed by atoms with Crippen molar-refractivity contribution in [1.29, 1.82) is 0 Å². The lowest BCUT2D eigenvalue weighted by Gasteiger charge is -2.39. The van der Waals surface area contributed by atoms with Crippen LogP contribution in [0, 0.1) is 5.41 Å². The lowest BCUT2D eigenvalue weighted by Crippen LogP contribution is -2.48. The second kappa shape index (κ2) is 8.35. The third-order valence-electron chi connectivity index (χ3n) is 4.49. The molecule has 0 amide bonds. The summed E-state index contributed by atoms with van der Waals surface area (Å²) in [5.41, 5.74) is 0.411. The molecular weight excluding hydrogens is 246 g/mol. The van der Waals surface area contributed by atoms with Crippen molar-refractivity contribution in [3.05, 3.63) is 0 Å². The highest BCUT2D eigenvalue weighted by Crippen LogP contribution is 2.27. The topological polar surface area (TPSA) is 18.5 Å². The number of rotatable bonds is 11. The zero-order valence-corrected chi connectivity index (χ0v) is 14.7. The fourth-order valence-electron chi connectivity index (χ4n) is 3.22. The summed E-state index contributed by atoms with van der Waals surface area (Å²) in [5, 5.41) is 3.75. The summed E-state index contributed by atoms with van der Waals surface area (Å²) in [6, 6.07) is 1.45. The van der Waals surface area contributed by atoms with Gasteiger partial charge in [0.05, 0.1) is 0 Å². The van der Waals surface area contributed by atoms with Gasteiger partial charge in [-0.15, -0.1) is 0 Å². The van der Waals surface area contributed by atoms with Gasteiger partial charge in [0, 0.05) is 31.7 Å². The number of hydrogen-bond donors (Lipinski definition) is 1. The molecule has 1 aliphatic rings. The molecule has 0 aromatic carbocycles. The fourth-order valence-corrected chi connectivity index (χ4v) is 3.22. The molecule has 1 N–H and O–H groups in total. The Balaban J connectivity index is 2.54. The smallest absolute Gasteiger partial charge is 0.0194 e. The maximum atomic E-state index is 3.75. The predicted molar refractivity (Wildman–Crippen MR) is 89.3 cm³/mol. The van der Waals surface area contributed by atoms with Gasteiger partial charge in [-0.2, -0.15) is 0 Å². The largest absolute Gasteiger partial charge is 0.313 e. The van der Waals surface area contributed by atoms with E-state index in [-0.39, 0.29) is 0 Å². The van der Waals surface area contributed by atoms with Crippen LogP contribution in [0.4, 0.5) is 0 Å². The van der Waals surface area contributed by atoms with Crippen LogP contribution in [-0.2, 0) is 0 Å². The first kappa shape index (κ1) is 17.9. The molecule has 1 fully saturated rings. The van der Waals surface area contributed by atoms with E-state index in [1.165, 1.54) is 38.8 Å². The lowest BCUT2D eigenvalue weighted by molar-refractivity contribution is 0.106. The second-order valence-corrected chi connectivity index (χ2v) is 7.39. The van der Waals surface area contributed by atoms with E-state index >= 15 is 0 Å². The van der Waals surface area contributed by atoms with Gasteiger partial charge in [-0.05, 0) is 52.2 Å². The first-order chi connectivity index (χ1) is 9.40. The van der Waals surface area contributed by atoms with E-state index in [0.29, 0.717) is 11.5 Å². The number of nitrogens with one attached hydrogen (secondary N) is 1. The van der Waals surface area contributed by atoms with Crippen LogP contribution >= 0.6 is 0 Å². The normalized spacial score (nSPS) is 20.4. The monoisotopic (exact) mass is 283 g/mol. The van der Waals surface area contributed by atoms with E-state index < -0.39 is 0 Å². The summed E-state index contributed by atoms with van der Waals surface area (Å²) in [6.07, 6.45) is 5.37. The molecule has 3 heteroatoms. The van der Waals surface area contributed by atoms with Crippen molar-refractivity contribution in [2.75, 3.05) is 40.3 Å². The maximum absolute atomic E-state index is 3.75. The van der Waals surface area contributed by atoms with Crippen LogP contribution in [0.5, 0.6) is 0 Å². The standard InChI is InChI=1S/C17H37N3/c1-7-11-17(4,13-18-16-9-10-16)14-20(8-2)15(3)12-19(5)6/h15-16,18H,7-14H2,1-6H3. The van der Waals surface area contributed by atoms with Crippen molar-refractivity contribution in [1.82, 2.24) is 15.1 Å². The van der Waals surface area contributed by atoms with Gasteiger partial charge in [-0.1, -0.05) is 27.2 Å². The molecule has 0 heterocycles. The molecule has 2 atom stereocenters. The summed E-state index contributed by atoms with van der Waals surface area (Å²) in [6.45, 7) is 14.1. The molecule has 1 rings (SSSR count). The van der Waals surface area contributed by atoms with Gasteiger partial charge in [-0.25, -0.2) is 0 Å². The van der Waals surface area contributed by atoms with Gasteiger partial charge in [0.15, 0.2) is 0 Å². The Bertz CT molecular complexity index is 263. The highest BCUT2D eigenvalue weighted by Gasteiger charge is 2.30. The average Bonchev–Trinajstić information content (AvgIpc) is 3.17. The lowest BCUT2D eigenvalue weighted by atomic mass is 9.84. The van der Waals surface area contributed by atoms with E-state index in [1.807, 2.05) is 0 Å². The second-order valence-electron chi connectivity index (χ2n) is 7.39. The van der Waals surface area contributed by atoms with Gasteiger partial charge in [-0.3, -0.25) is 4.90 Å². The van der Waals surface area contributed by atoms with Crippen LogP contribution in [0.25, 0.3) is 0 Å². The third-order valence-corrected chi connectivity index (χ3v) is 4.49. The molecule has 0 spiro atoms. The minimum absolute atomic E-state index is 0.411. The minimum atomic E-state index is 0.411. The Hall–Kier alpha value is -0.120. The molecule has 20 heavy (non-hydrogen) atoms. The molecule has 1 saturated carbocycles. The van der Waals surface area contributed by atoms with Gasteiger partial charge >= 0.3 is 0 Å². The van der Waals surface area contributed by atoms with E-state index in [4.69, 9.17) is 0 Å². The molecule has 1 aliphatic carbocycles. The molecule has 0 radical (unpaired) electrons. The van der Waals surface area contributed by atoms with Crippen molar-refractivity contribution < 1.29 is 0 Å². The Morgan fingerprint density at radius 2 is 1.90 bits per heavy atom. The van der Waals surface area contributed by atoms with Crippen LogP contribution < -0.4 is 5.32 Å². The van der Waals surface area contributed by atoms with E-state index in [0.717, 1.165) is 19.1 Å². The number of nitrogens with zero attached hydrogens (tertiary/aromatic N) is 2. The predicted octanol–water partition coefficient (Wildman–Crippen LogP) is 2.82. The first-order valence-corrected chi connectivity index (χ1v) is 8.52. The SMILES string of the molecule is CCCC(C)(CNC1CC1)CN(CC)C(C)CN(C)C. The molecule has 120 valence electrons. The molecule has 0 aliphatic heterocycles. The summed E-state index contributed by atoms with van der Waals surface area (Å²) in [7, 11) is 4.34. The summed E-state index contributed by atoms with van der Waals surface area (Å²) in [5.74, 6) is 0. The van der Waals surface area contributed by atoms with Crippen molar-refractivity contribution in [3.8, 4) is 0 Å². The highest BCUT2D eigenvalue weighted by atomic mass is 15.2. The van der Waals surface area contributed by atoms with Crippen molar-refractivity contribution in [2.24, 2.45) is 5.41 Å². The molecular formula is C17H37N3. The first-order valence-electron chi connectivity index (χ1n) is 8.52. The van der Waals surface area contributed by atoms with Crippen molar-refractivity contribution >= 4 is 0 Å². The van der Waals surface area contributed by atoms with Crippen LogP contribution in [0.1, 0.15) is 53.4 Å². The van der Waals surface area contributed by atoms with Crippen molar-refractivity contribution in [2.45, 2.75) is 65.5 Å². The van der Waals surface area contributed by atoms with Crippen LogP contribution in [0.3, 0.4) is 0 Å². The molecule has 3 nitrogen and oxygen atoms in total. The molecule has 0 aromatic heterocycles. The molecule has 0 saturated heterocycles.